The first-order valence-corrected chi connectivity index (χ1v) is 5.52. The zero-order valence-electron chi connectivity index (χ0n) is 9.97. The second kappa shape index (κ2) is 4.73. The zero-order chi connectivity index (χ0) is 12.4. The zero-order valence-corrected chi connectivity index (χ0v) is 9.97. The monoisotopic (exact) mass is 236 g/mol. The quantitative estimate of drug-likeness (QED) is 0.791. The summed E-state index contributed by atoms with van der Waals surface area (Å²) in [7, 11) is 1.75. The van der Waals surface area contributed by atoms with E-state index < -0.39 is 6.10 Å². The molecule has 0 saturated carbocycles. The Morgan fingerprint density at radius 2 is 2.29 bits per heavy atom. The van der Waals surface area contributed by atoms with Gasteiger partial charge in [-0.05, 0) is 31.0 Å². The van der Waals surface area contributed by atoms with Gasteiger partial charge in [0.05, 0.1) is 12.3 Å². The van der Waals surface area contributed by atoms with Crippen molar-refractivity contribution in [1.82, 2.24) is 0 Å². The van der Waals surface area contributed by atoms with E-state index in [4.69, 9.17) is 10.6 Å². The van der Waals surface area contributed by atoms with Crippen molar-refractivity contribution in [3.05, 3.63) is 23.8 Å². The Labute approximate surface area is 100 Å². The number of rotatable bonds is 3. The van der Waals surface area contributed by atoms with Gasteiger partial charge in [0.2, 0.25) is 0 Å². The van der Waals surface area contributed by atoms with Gasteiger partial charge in [0.1, 0.15) is 5.75 Å². The van der Waals surface area contributed by atoms with E-state index >= 15 is 0 Å². The van der Waals surface area contributed by atoms with Crippen LogP contribution in [0.1, 0.15) is 12.5 Å². The van der Waals surface area contributed by atoms with Crippen molar-refractivity contribution >= 4 is 11.6 Å². The van der Waals surface area contributed by atoms with Crippen LogP contribution in [0.25, 0.3) is 0 Å². The first kappa shape index (κ1) is 11.9. The maximum atomic E-state index is 11.8. The Kier molecular flexibility index (Phi) is 3.31. The summed E-state index contributed by atoms with van der Waals surface area (Å²) in [4.78, 5) is 17.9. The summed E-state index contributed by atoms with van der Waals surface area (Å²) >= 11 is 0. The molecule has 1 aliphatic heterocycles. The maximum Gasteiger partial charge on any atom is 0.267 e. The molecule has 1 heterocycles. The molecule has 17 heavy (non-hydrogen) atoms. The van der Waals surface area contributed by atoms with E-state index in [1.165, 1.54) is 0 Å². The SMILES string of the molecule is CC1Oc2ccc(CCON)cc2N(C)C1=O. The van der Waals surface area contributed by atoms with Crippen molar-refractivity contribution in [2.24, 2.45) is 5.90 Å². The summed E-state index contributed by atoms with van der Waals surface area (Å²) in [6.45, 7) is 2.20. The number of fused-ring (bicyclic) bond motifs is 1. The highest BCUT2D eigenvalue weighted by Crippen LogP contribution is 2.33. The molecule has 5 nitrogen and oxygen atoms in total. The molecule has 0 aliphatic carbocycles. The lowest BCUT2D eigenvalue weighted by Gasteiger charge is -2.30. The Bertz CT molecular complexity index is 434. The van der Waals surface area contributed by atoms with Gasteiger partial charge in [-0.3, -0.25) is 4.79 Å². The Morgan fingerprint density at radius 1 is 1.53 bits per heavy atom. The molecule has 0 fully saturated rings. The smallest absolute Gasteiger partial charge is 0.267 e. The van der Waals surface area contributed by atoms with E-state index in [2.05, 4.69) is 4.84 Å². The second-order valence-electron chi connectivity index (χ2n) is 4.08. The fourth-order valence-electron chi connectivity index (χ4n) is 1.89. The van der Waals surface area contributed by atoms with E-state index in [0.29, 0.717) is 13.0 Å². The number of nitrogens with zero attached hydrogens (tertiary/aromatic N) is 1. The van der Waals surface area contributed by atoms with Crippen molar-refractivity contribution < 1.29 is 14.4 Å². The lowest BCUT2D eigenvalue weighted by atomic mass is 10.1. The predicted octanol–water partition coefficient (Wildman–Crippen LogP) is 0.863. The molecule has 0 saturated heterocycles. The first-order valence-electron chi connectivity index (χ1n) is 5.52. The van der Waals surface area contributed by atoms with E-state index in [0.717, 1.165) is 17.0 Å². The molecule has 1 aromatic rings. The average Bonchev–Trinajstić information content (AvgIpc) is 2.34. The van der Waals surface area contributed by atoms with Crippen molar-refractivity contribution in [2.45, 2.75) is 19.4 Å². The lowest BCUT2D eigenvalue weighted by molar-refractivity contribution is -0.125. The van der Waals surface area contributed by atoms with Crippen LogP contribution in [-0.4, -0.2) is 25.7 Å². The second-order valence-corrected chi connectivity index (χ2v) is 4.08. The average molecular weight is 236 g/mol. The minimum atomic E-state index is -0.425. The van der Waals surface area contributed by atoms with Crippen LogP contribution >= 0.6 is 0 Å². The number of anilines is 1. The van der Waals surface area contributed by atoms with E-state index in [1.807, 2.05) is 18.2 Å². The first-order chi connectivity index (χ1) is 8.13. The van der Waals surface area contributed by atoms with Gasteiger partial charge >= 0.3 is 0 Å². The number of ether oxygens (including phenoxy) is 1. The molecule has 2 rings (SSSR count). The molecule has 1 aliphatic rings. The fraction of sp³-hybridized carbons (Fsp3) is 0.417. The molecule has 0 bridgehead atoms. The van der Waals surface area contributed by atoms with Crippen LogP contribution in [0, 0.1) is 0 Å². The Balaban J connectivity index is 2.28. The minimum Gasteiger partial charge on any atom is -0.479 e. The Hall–Kier alpha value is -1.59. The van der Waals surface area contributed by atoms with E-state index in [1.54, 1.807) is 18.9 Å². The molecule has 0 aromatic heterocycles. The van der Waals surface area contributed by atoms with Gasteiger partial charge in [0, 0.05) is 7.05 Å². The summed E-state index contributed by atoms with van der Waals surface area (Å²) in [5, 5.41) is 0. The molecule has 1 unspecified atom stereocenters. The van der Waals surface area contributed by atoms with Gasteiger partial charge in [0.15, 0.2) is 6.10 Å². The number of carbonyl (C=O) groups excluding carboxylic acids is 1. The summed E-state index contributed by atoms with van der Waals surface area (Å²) < 4.78 is 5.53. The van der Waals surface area contributed by atoms with Crippen molar-refractivity contribution in [1.29, 1.82) is 0 Å². The largest absolute Gasteiger partial charge is 0.479 e. The molecule has 5 heteroatoms. The van der Waals surface area contributed by atoms with Gasteiger partial charge in [-0.1, -0.05) is 6.07 Å². The van der Waals surface area contributed by atoms with Crippen LogP contribution in [0.4, 0.5) is 5.69 Å². The third-order valence-electron chi connectivity index (χ3n) is 2.88. The minimum absolute atomic E-state index is 0.0373. The normalized spacial score (nSPS) is 18.9. The van der Waals surface area contributed by atoms with E-state index in [9.17, 15) is 4.79 Å². The van der Waals surface area contributed by atoms with Gasteiger partial charge in [0.25, 0.3) is 5.91 Å². The number of carbonyl (C=O) groups is 1. The van der Waals surface area contributed by atoms with Gasteiger partial charge < -0.3 is 14.5 Å². The third kappa shape index (κ3) is 2.25. The molecule has 1 aromatic carbocycles. The van der Waals surface area contributed by atoms with Gasteiger partial charge in [-0.2, -0.15) is 0 Å². The van der Waals surface area contributed by atoms with Crippen molar-refractivity contribution in [3.63, 3.8) is 0 Å². The highest BCUT2D eigenvalue weighted by Gasteiger charge is 2.28. The standard InChI is InChI=1S/C12H16N2O3/c1-8-12(15)14(2)10-7-9(5-6-16-13)3-4-11(10)17-8/h3-4,7-8H,5-6,13H2,1-2H3. The van der Waals surface area contributed by atoms with Gasteiger partial charge in [-0.25, -0.2) is 5.90 Å². The summed E-state index contributed by atoms with van der Waals surface area (Å²) in [6.07, 6.45) is 0.284. The van der Waals surface area contributed by atoms with Crippen LogP contribution < -0.4 is 15.5 Å². The van der Waals surface area contributed by atoms with Crippen LogP contribution in [0.2, 0.25) is 0 Å². The molecule has 0 spiro atoms. The molecular formula is C12H16N2O3. The van der Waals surface area contributed by atoms with E-state index in [-0.39, 0.29) is 5.91 Å². The molecule has 92 valence electrons. The van der Waals surface area contributed by atoms with Crippen molar-refractivity contribution in [3.8, 4) is 5.75 Å². The predicted molar refractivity (Wildman–Crippen MR) is 63.8 cm³/mol. The number of likely N-dealkylation sites (N-methyl/N-ethyl adjacent to an activating group) is 1. The maximum absolute atomic E-state index is 11.8. The van der Waals surface area contributed by atoms with Crippen LogP contribution in [0.5, 0.6) is 5.75 Å². The van der Waals surface area contributed by atoms with Crippen LogP contribution in [0.15, 0.2) is 18.2 Å². The van der Waals surface area contributed by atoms with Gasteiger partial charge in [-0.15, -0.1) is 0 Å². The summed E-state index contributed by atoms with van der Waals surface area (Å²) in [5.74, 6) is 5.69. The molecule has 2 N–H and O–H groups in total. The number of hydrogen-bond donors (Lipinski definition) is 1. The molecule has 1 atom stereocenters. The van der Waals surface area contributed by atoms with Crippen LogP contribution in [-0.2, 0) is 16.1 Å². The van der Waals surface area contributed by atoms with Crippen molar-refractivity contribution in [2.75, 3.05) is 18.6 Å². The summed E-state index contributed by atoms with van der Waals surface area (Å²) in [5.41, 5.74) is 1.86. The molecule has 0 radical (unpaired) electrons. The highest BCUT2D eigenvalue weighted by molar-refractivity contribution is 5.99. The number of hydrogen-bond acceptors (Lipinski definition) is 4. The number of nitrogens with two attached hydrogens (primary N) is 1. The number of benzene rings is 1. The highest BCUT2D eigenvalue weighted by atomic mass is 16.6. The van der Waals surface area contributed by atoms with Crippen LogP contribution in [0.3, 0.4) is 0 Å². The lowest BCUT2D eigenvalue weighted by Crippen LogP contribution is -2.42. The molecule has 1 amide bonds. The summed E-state index contributed by atoms with van der Waals surface area (Å²) in [6, 6.07) is 5.76. The topological polar surface area (TPSA) is 64.8 Å². The Morgan fingerprint density at radius 3 is 3.00 bits per heavy atom. The number of amides is 1. The fourth-order valence-corrected chi connectivity index (χ4v) is 1.89. The molecular weight excluding hydrogens is 220 g/mol. The third-order valence-corrected chi connectivity index (χ3v) is 2.88.